The highest BCUT2D eigenvalue weighted by atomic mass is 35.5. The molecule has 0 unspecified atom stereocenters. The molecule has 0 saturated carbocycles. The minimum atomic E-state index is -0.174. The quantitative estimate of drug-likeness (QED) is 0.445. The van der Waals surface area contributed by atoms with E-state index in [2.05, 4.69) is 20.8 Å². The van der Waals surface area contributed by atoms with Crippen molar-refractivity contribution >= 4 is 57.3 Å². The lowest BCUT2D eigenvalue weighted by molar-refractivity contribution is -0.115. The lowest BCUT2D eigenvalue weighted by Gasteiger charge is -2.04. The largest absolute Gasteiger partial charge is 0.325 e. The number of rotatable bonds is 7. The maximum absolute atomic E-state index is 12.0. The molecule has 6 nitrogen and oxygen atoms in total. The monoisotopic (exact) mass is 418 g/mol. The second-order valence-corrected chi connectivity index (χ2v) is 8.07. The van der Waals surface area contributed by atoms with Crippen LogP contribution >= 0.6 is 34.7 Å². The standard InChI is InChI=1S/C18H15ClN4O2S2/c19-13-7-4-8-14(10-13)20-16(25)11-26-18-23-22-17(27-18)21-15(24)9-12-5-2-1-3-6-12/h1-8,10H,9,11H2,(H,20,25)(H,21,22,24). The maximum atomic E-state index is 12.0. The lowest BCUT2D eigenvalue weighted by atomic mass is 10.1. The van der Waals surface area contributed by atoms with E-state index in [-0.39, 0.29) is 24.0 Å². The molecule has 1 heterocycles. The fourth-order valence-corrected chi connectivity index (χ4v) is 3.91. The molecular formula is C18H15ClN4O2S2. The number of benzene rings is 2. The normalized spacial score (nSPS) is 10.4. The zero-order valence-electron chi connectivity index (χ0n) is 14.0. The van der Waals surface area contributed by atoms with E-state index in [4.69, 9.17) is 11.6 Å². The summed E-state index contributed by atoms with van der Waals surface area (Å²) in [5.74, 6) is -0.154. The Morgan fingerprint density at radius 2 is 1.81 bits per heavy atom. The Balaban J connectivity index is 1.46. The number of nitrogens with zero attached hydrogens (tertiary/aromatic N) is 2. The summed E-state index contributed by atoms with van der Waals surface area (Å²) in [7, 11) is 0. The van der Waals surface area contributed by atoms with Gasteiger partial charge in [-0.1, -0.05) is 71.1 Å². The van der Waals surface area contributed by atoms with Gasteiger partial charge in [0.15, 0.2) is 4.34 Å². The van der Waals surface area contributed by atoms with Crippen molar-refractivity contribution in [2.45, 2.75) is 10.8 Å². The Bertz CT molecular complexity index is 934. The average Bonchev–Trinajstić information content (AvgIpc) is 3.08. The molecule has 0 radical (unpaired) electrons. The molecule has 0 aliphatic heterocycles. The number of thioether (sulfide) groups is 1. The molecule has 0 saturated heterocycles. The summed E-state index contributed by atoms with van der Waals surface area (Å²) >= 11 is 8.37. The number of carbonyl (C=O) groups excluding carboxylic acids is 2. The number of anilines is 2. The first-order valence-electron chi connectivity index (χ1n) is 7.94. The first-order chi connectivity index (χ1) is 13.1. The van der Waals surface area contributed by atoms with Gasteiger partial charge in [-0.3, -0.25) is 9.59 Å². The van der Waals surface area contributed by atoms with Crippen LogP contribution in [0.15, 0.2) is 58.9 Å². The van der Waals surface area contributed by atoms with Gasteiger partial charge in [0.2, 0.25) is 16.9 Å². The van der Waals surface area contributed by atoms with E-state index in [0.717, 1.165) is 5.56 Å². The first-order valence-corrected chi connectivity index (χ1v) is 10.1. The molecule has 0 atom stereocenters. The summed E-state index contributed by atoms with van der Waals surface area (Å²) in [6, 6.07) is 16.4. The smallest absolute Gasteiger partial charge is 0.234 e. The van der Waals surface area contributed by atoms with Crippen LogP contribution in [-0.4, -0.2) is 27.8 Å². The highest BCUT2D eigenvalue weighted by Crippen LogP contribution is 2.26. The highest BCUT2D eigenvalue weighted by molar-refractivity contribution is 8.01. The number of hydrogen-bond acceptors (Lipinski definition) is 6. The Labute approximate surface area is 169 Å². The van der Waals surface area contributed by atoms with Gasteiger partial charge in [-0.2, -0.15) is 0 Å². The number of hydrogen-bond donors (Lipinski definition) is 2. The zero-order chi connectivity index (χ0) is 19.1. The van der Waals surface area contributed by atoms with Gasteiger partial charge in [-0.05, 0) is 23.8 Å². The zero-order valence-corrected chi connectivity index (χ0v) is 16.4. The van der Waals surface area contributed by atoms with Crippen molar-refractivity contribution in [3.63, 3.8) is 0 Å². The van der Waals surface area contributed by atoms with Crippen LogP contribution in [-0.2, 0) is 16.0 Å². The van der Waals surface area contributed by atoms with Crippen LogP contribution in [0, 0.1) is 0 Å². The summed E-state index contributed by atoms with van der Waals surface area (Å²) < 4.78 is 0.603. The van der Waals surface area contributed by atoms with Gasteiger partial charge in [0.1, 0.15) is 0 Å². The fraction of sp³-hybridized carbons (Fsp3) is 0.111. The summed E-state index contributed by atoms with van der Waals surface area (Å²) in [6.07, 6.45) is 0.269. The third-order valence-electron chi connectivity index (χ3n) is 3.30. The van der Waals surface area contributed by atoms with Gasteiger partial charge in [-0.15, -0.1) is 10.2 Å². The molecule has 2 amide bonds. The lowest BCUT2D eigenvalue weighted by Crippen LogP contribution is -2.14. The van der Waals surface area contributed by atoms with Gasteiger partial charge in [0.05, 0.1) is 12.2 Å². The Kier molecular flexibility index (Phi) is 6.80. The van der Waals surface area contributed by atoms with Crippen LogP contribution in [0.1, 0.15) is 5.56 Å². The molecule has 1 aromatic heterocycles. The molecule has 2 N–H and O–H groups in total. The van der Waals surface area contributed by atoms with Crippen molar-refractivity contribution in [2.75, 3.05) is 16.4 Å². The minimum Gasteiger partial charge on any atom is -0.325 e. The van der Waals surface area contributed by atoms with E-state index in [0.29, 0.717) is 20.2 Å². The van der Waals surface area contributed by atoms with Gasteiger partial charge in [0, 0.05) is 10.7 Å². The number of aromatic nitrogens is 2. The van der Waals surface area contributed by atoms with Crippen LogP contribution in [0.5, 0.6) is 0 Å². The summed E-state index contributed by atoms with van der Waals surface area (Å²) in [4.78, 5) is 24.0. The molecule has 138 valence electrons. The van der Waals surface area contributed by atoms with Crippen molar-refractivity contribution in [3.05, 3.63) is 65.2 Å². The topological polar surface area (TPSA) is 84.0 Å². The predicted molar refractivity (Wildman–Crippen MR) is 109 cm³/mol. The van der Waals surface area contributed by atoms with Crippen LogP contribution < -0.4 is 10.6 Å². The van der Waals surface area contributed by atoms with E-state index < -0.39 is 0 Å². The van der Waals surface area contributed by atoms with Crippen LogP contribution in [0.4, 0.5) is 10.8 Å². The second-order valence-electron chi connectivity index (χ2n) is 5.43. The predicted octanol–water partition coefficient (Wildman–Crippen LogP) is 4.10. The van der Waals surface area contributed by atoms with E-state index in [1.54, 1.807) is 24.3 Å². The minimum absolute atomic E-state index is 0.160. The number of carbonyl (C=O) groups is 2. The third-order valence-corrected chi connectivity index (χ3v) is 5.50. The van der Waals surface area contributed by atoms with Gasteiger partial charge in [-0.25, -0.2) is 0 Å². The summed E-state index contributed by atoms with van der Waals surface area (Å²) in [5, 5.41) is 14.4. The van der Waals surface area contributed by atoms with Gasteiger partial charge in [0.25, 0.3) is 0 Å². The molecule has 27 heavy (non-hydrogen) atoms. The van der Waals surface area contributed by atoms with Crippen molar-refractivity contribution in [2.24, 2.45) is 0 Å². The molecule has 0 aliphatic carbocycles. The summed E-state index contributed by atoms with van der Waals surface area (Å²) in [5.41, 5.74) is 1.56. The SMILES string of the molecule is O=C(CSc1nnc(NC(=O)Cc2ccccc2)s1)Nc1cccc(Cl)c1. The first kappa shape index (κ1) is 19.3. The van der Waals surface area contributed by atoms with E-state index in [9.17, 15) is 9.59 Å². The third kappa shape index (κ3) is 6.35. The van der Waals surface area contributed by atoms with E-state index in [1.807, 2.05) is 30.3 Å². The molecule has 0 fully saturated rings. The Hall–Kier alpha value is -2.42. The van der Waals surface area contributed by atoms with Gasteiger partial charge >= 0.3 is 0 Å². The van der Waals surface area contributed by atoms with E-state index in [1.165, 1.54) is 23.1 Å². The molecule has 0 aliphatic rings. The Morgan fingerprint density at radius 1 is 1.00 bits per heavy atom. The number of nitrogens with one attached hydrogen (secondary N) is 2. The second kappa shape index (κ2) is 9.50. The van der Waals surface area contributed by atoms with Crippen molar-refractivity contribution in [3.8, 4) is 0 Å². The van der Waals surface area contributed by atoms with E-state index >= 15 is 0 Å². The van der Waals surface area contributed by atoms with Gasteiger partial charge < -0.3 is 10.6 Å². The number of amides is 2. The van der Waals surface area contributed by atoms with Crippen LogP contribution in [0.25, 0.3) is 0 Å². The molecule has 2 aromatic carbocycles. The molecule has 0 spiro atoms. The summed E-state index contributed by atoms with van der Waals surface area (Å²) in [6.45, 7) is 0. The molecule has 0 bridgehead atoms. The van der Waals surface area contributed by atoms with Crippen molar-refractivity contribution in [1.82, 2.24) is 10.2 Å². The molecule has 9 heteroatoms. The molecular weight excluding hydrogens is 404 g/mol. The fourth-order valence-electron chi connectivity index (χ4n) is 2.15. The Morgan fingerprint density at radius 3 is 2.59 bits per heavy atom. The maximum Gasteiger partial charge on any atom is 0.234 e. The number of halogens is 1. The molecule has 3 aromatic rings. The molecule has 3 rings (SSSR count). The average molecular weight is 419 g/mol. The van der Waals surface area contributed by atoms with Crippen molar-refractivity contribution < 1.29 is 9.59 Å². The van der Waals surface area contributed by atoms with Crippen LogP contribution in [0.3, 0.4) is 0 Å². The highest BCUT2D eigenvalue weighted by Gasteiger charge is 2.11. The van der Waals surface area contributed by atoms with Crippen molar-refractivity contribution in [1.29, 1.82) is 0 Å². The van der Waals surface area contributed by atoms with Crippen LogP contribution in [0.2, 0.25) is 5.02 Å².